The molecule has 2 amide bonds. The lowest BCUT2D eigenvalue weighted by atomic mass is 10.1. The number of amides is 2. The van der Waals surface area contributed by atoms with Gasteiger partial charge in [-0.15, -0.1) is 11.3 Å². The molecule has 37 heavy (non-hydrogen) atoms. The highest BCUT2D eigenvalue weighted by Crippen LogP contribution is 2.27. The second kappa shape index (κ2) is 17.5. The molecular weight excluding hydrogens is 484 g/mol. The topological polar surface area (TPSA) is 88.3 Å². The van der Waals surface area contributed by atoms with Crippen LogP contribution in [0.3, 0.4) is 0 Å². The van der Waals surface area contributed by atoms with Gasteiger partial charge in [0.05, 0.1) is 21.8 Å². The van der Waals surface area contributed by atoms with Gasteiger partial charge in [0.25, 0.3) is 0 Å². The number of carbonyl (C=O) groups is 2. The molecule has 2 unspecified atom stereocenters. The highest BCUT2D eigenvalue weighted by molar-refractivity contribution is 7.13. The lowest BCUT2D eigenvalue weighted by molar-refractivity contribution is -0.131. The average Bonchev–Trinajstić information content (AvgIpc) is 3.71. The van der Waals surface area contributed by atoms with Gasteiger partial charge < -0.3 is 14.7 Å². The molecule has 1 aliphatic rings. The number of aryl methyl sites for hydroxylation is 2. The molecule has 8 heteroatoms. The maximum absolute atomic E-state index is 12.2. The van der Waals surface area contributed by atoms with Crippen LogP contribution in [-0.4, -0.2) is 39.9 Å². The summed E-state index contributed by atoms with van der Waals surface area (Å²) in [6.07, 6.45) is 3.51. The van der Waals surface area contributed by atoms with Crippen LogP contribution in [0.2, 0.25) is 0 Å². The molecular formula is C29H44N4O3S. The summed E-state index contributed by atoms with van der Waals surface area (Å²) in [6, 6.07) is 9.81. The highest BCUT2D eigenvalue weighted by Gasteiger charge is 2.29. The summed E-state index contributed by atoms with van der Waals surface area (Å²) in [5.41, 5.74) is 6.03. The van der Waals surface area contributed by atoms with Gasteiger partial charge in [-0.2, -0.15) is 0 Å². The largest absolute Gasteiger partial charge is 0.361 e. The van der Waals surface area contributed by atoms with Crippen LogP contribution in [0.4, 0.5) is 0 Å². The first-order valence-electron chi connectivity index (χ1n) is 13.3. The molecule has 3 heterocycles. The van der Waals surface area contributed by atoms with Crippen LogP contribution in [0.5, 0.6) is 0 Å². The molecule has 0 spiro atoms. The molecule has 1 saturated heterocycles. The minimum absolute atomic E-state index is 0.0722. The molecule has 4 rings (SSSR count). The SMILES string of the molecule is CC.CC.CCC(C)c1cc(C)no1.Cc1ncsc1-c1ccc(CNC(=O)C2CCCN2C=O)cc1. The second-order valence-electron chi connectivity index (χ2n) is 8.36. The average molecular weight is 529 g/mol. The molecule has 1 fully saturated rings. The van der Waals surface area contributed by atoms with E-state index in [4.69, 9.17) is 4.52 Å². The number of benzene rings is 1. The Morgan fingerprint density at radius 1 is 1.22 bits per heavy atom. The Hall–Kier alpha value is -3.00. The Balaban J connectivity index is 0.000000409. The zero-order valence-electron chi connectivity index (χ0n) is 23.7. The summed E-state index contributed by atoms with van der Waals surface area (Å²) in [5.74, 6) is 1.43. The van der Waals surface area contributed by atoms with Gasteiger partial charge in [-0.25, -0.2) is 4.98 Å². The molecule has 2 aromatic heterocycles. The monoisotopic (exact) mass is 528 g/mol. The van der Waals surface area contributed by atoms with Crippen molar-refractivity contribution in [1.29, 1.82) is 0 Å². The quantitative estimate of drug-likeness (QED) is 0.337. The molecule has 1 N–H and O–H groups in total. The highest BCUT2D eigenvalue weighted by atomic mass is 32.1. The summed E-state index contributed by atoms with van der Waals surface area (Å²) in [6.45, 7) is 17.4. The van der Waals surface area contributed by atoms with Crippen molar-refractivity contribution < 1.29 is 14.1 Å². The van der Waals surface area contributed by atoms with Crippen LogP contribution in [0.25, 0.3) is 10.4 Å². The van der Waals surface area contributed by atoms with Gasteiger partial charge >= 0.3 is 0 Å². The van der Waals surface area contributed by atoms with Crippen LogP contribution in [0.1, 0.15) is 89.4 Å². The first-order valence-corrected chi connectivity index (χ1v) is 14.2. The number of hydrogen-bond acceptors (Lipinski definition) is 6. The number of aromatic nitrogens is 2. The van der Waals surface area contributed by atoms with E-state index in [2.05, 4.69) is 41.4 Å². The van der Waals surface area contributed by atoms with Gasteiger partial charge in [0.1, 0.15) is 11.8 Å². The molecule has 3 aromatic rings. The maximum Gasteiger partial charge on any atom is 0.243 e. The fraction of sp³-hybridized carbons (Fsp3) is 0.517. The number of nitrogens with zero attached hydrogens (tertiary/aromatic N) is 3. The van der Waals surface area contributed by atoms with Gasteiger partial charge in [-0.1, -0.05) is 71.0 Å². The molecule has 1 aromatic carbocycles. The number of thiazole rings is 1. The number of nitrogens with one attached hydrogen (secondary N) is 1. The summed E-state index contributed by atoms with van der Waals surface area (Å²) in [5, 5.41) is 6.73. The molecule has 2 atom stereocenters. The Morgan fingerprint density at radius 3 is 2.41 bits per heavy atom. The third-order valence-electron chi connectivity index (χ3n) is 5.90. The van der Waals surface area contributed by atoms with Crippen LogP contribution in [0.15, 0.2) is 40.4 Å². The number of rotatable bonds is 7. The van der Waals surface area contributed by atoms with E-state index in [1.165, 1.54) is 4.88 Å². The molecule has 0 bridgehead atoms. The van der Waals surface area contributed by atoms with Gasteiger partial charge in [-0.3, -0.25) is 9.59 Å². The maximum atomic E-state index is 12.2. The molecule has 1 aliphatic heterocycles. The fourth-order valence-corrected chi connectivity index (χ4v) is 4.49. The Labute approximate surface area is 226 Å². The summed E-state index contributed by atoms with van der Waals surface area (Å²) >= 11 is 1.63. The number of carbonyl (C=O) groups excluding carboxylic acids is 2. The summed E-state index contributed by atoms with van der Waals surface area (Å²) in [7, 11) is 0. The third kappa shape index (κ3) is 9.76. The van der Waals surface area contributed by atoms with Crippen molar-refractivity contribution in [3.05, 3.63) is 58.6 Å². The van der Waals surface area contributed by atoms with E-state index in [1.807, 2.05) is 65.3 Å². The number of hydrogen-bond donors (Lipinski definition) is 1. The summed E-state index contributed by atoms with van der Waals surface area (Å²) in [4.78, 5) is 30.1. The fourth-order valence-electron chi connectivity index (χ4n) is 3.67. The molecule has 0 aliphatic carbocycles. The molecule has 0 saturated carbocycles. The first-order chi connectivity index (χ1) is 17.9. The minimum Gasteiger partial charge on any atom is -0.361 e. The molecule has 0 radical (unpaired) electrons. The van der Waals surface area contributed by atoms with Gasteiger partial charge in [-0.05, 0) is 44.2 Å². The standard InChI is InChI=1S/C17H19N3O2S.C8H13NO.2C2H6/c1-12-16(23-10-19-12)14-6-4-13(5-7-14)9-18-17(22)15-3-2-8-20(15)11-21;1-4-6(2)8-5-7(3)9-10-8;2*1-2/h4-7,10-11,15H,2-3,8-9H2,1H3,(H,18,22);5-6H,4H2,1-3H3;2*1-2H3. The molecule has 7 nitrogen and oxygen atoms in total. The minimum atomic E-state index is -0.313. The zero-order valence-corrected chi connectivity index (χ0v) is 24.5. The van der Waals surface area contributed by atoms with Crippen molar-refractivity contribution in [2.75, 3.05) is 6.54 Å². The van der Waals surface area contributed by atoms with Crippen LogP contribution in [0, 0.1) is 13.8 Å². The Kier molecular flexibility index (Phi) is 15.1. The Bertz CT molecular complexity index is 1050. The van der Waals surface area contributed by atoms with Crippen molar-refractivity contribution in [3.8, 4) is 10.4 Å². The van der Waals surface area contributed by atoms with Crippen molar-refractivity contribution in [2.45, 2.75) is 93.2 Å². The van der Waals surface area contributed by atoms with E-state index in [0.29, 0.717) is 19.0 Å². The Morgan fingerprint density at radius 2 is 1.89 bits per heavy atom. The van der Waals surface area contributed by atoms with Gasteiger partial charge in [0.2, 0.25) is 12.3 Å². The van der Waals surface area contributed by atoms with Crippen molar-refractivity contribution in [2.24, 2.45) is 0 Å². The van der Waals surface area contributed by atoms with Crippen LogP contribution in [-0.2, 0) is 16.1 Å². The van der Waals surface area contributed by atoms with Crippen LogP contribution < -0.4 is 5.32 Å². The van der Waals surface area contributed by atoms with Crippen molar-refractivity contribution >= 4 is 23.7 Å². The van der Waals surface area contributed by atoms with Crippen LogP contribution >= 0.6 is 11.3 Å². The predicted octanol–water partition coefficient (Wildman–Crippen LogP) is 6.90. The van der Waals surface area contributed by atoms with E-state index < -0.39 is 0 Å². The normalized spacial score (nSPS) is 14.7. The van der Waals surface area contributed by atoms with E-state index in [1.54, 1.807) is 16.2 Å². The summed E-state index contributed by atoms with van der Waals surface area (Å²) < 4.78 is 5.07. The van der Waals surface area contributed by atoms with E-state index in [9.17, 15) is 9.59 Å². The lowest BCUT2D eigenvalue weighted by Gasteiger charge is -2.19. The van der Waals surface area contributed by atoms with E-state index >= 15 is 0 Å². The molecule has 204 valence electrons. The van der Waals surface area contributed by atoms with E-state index in [0.717, 1.165) is 53.9 Å². The number of likely N-dealkylation sites (tertiary alicyclic amines) is 1. The van der Waals surface area contributed by atoms with E-state index in [-0.39, 0.29) is 11.9 Å². The van der Waals surface area contributed by atoms with Gasteiger partial charge in [0, 0.05) is 25.1 Å². The smallest absolute Gasteiger partial charge is 0.243 e. The van der Waals surface area contributed by atoms with Crippen molar-refractivity contribution in [3.63, 3.8) is 0 Å². The van der Waals surface area contributed by atoms with Gasteiger partial charge in [0.15, 0.2) is 0 Å². The van der Waals surface area contributed by atoms with Crippen molar-refractivity contribution in [1.82, 2.24) is 20.4 Å². The predicted molar refractivity (Wildman–Crippen MR) is 153 cm³/mol. The lowest BCUT2D eigenvalue weighted by Crippen LogP contribution is -2.42. The second-order valence-corrected chi connectivity index (χ2v) is 9.22. The zero-order chi connectivity index (χ0) is 27.8. The third-order valence-corrected chi connectivity index (χ3v) is 6.88. The first kappa shape index (κ1) is 32.0.